The maximum Gasteiger partial charge on any atom is 0.119 e. The molecule has 0 aromatic heterocycles. The molecule has 0 spiro atoms. The zero-order valence-corrected chi connectivity index (χ0v) is 9.95. The van der Waals surface area contributed by atoms with Gasteiger partial charge in [0.1, 0.15) is 12.4 Å². The molecule has 0 saturated carbocycles. The molecule has 3 nitrogen and oxygen atoms in total. The van der Waals surface area contributed by atoms with Gasteiger partial charge < -0.3 is 10.2 Å². The van der Waals surface area contributed by atoms with Crippen LogP contribution in [0.5, 0.6) is 5.75 Å². The Balaban J connectivity index is 2.00. The Hall–Kier alpha value is -1.71. The Morgan fingerprint density at radius 3 is 2.41 bits per heavy atom. The molecule has 0 amide bonds. The Labute approximate surface area is 105 Å². The number of nitrogens with one attached hydrogen (secondary N) is 1. The van der Waals surface area contributed by atoms with E-state index in [-0.39, 0.29) is 0 Å². The molecule has 17 heavy (non-hydrogen) atoms. The fraction of sp³-hybridized carbons (Fsp3) is 0.0769. The van der Waals surface area contributed by atoms with Crippen LogP contribution in [0, 0.1) is 0 Å². The van der Waals surface area contributed by atoms with Gasteiger partial charge >= 0.3 is 0 Å². The van der Waals surface area contributed by atoms with Crippen LogP contribution in [0.3, 0.4) is 0 Å². The van der Waals surface area contributed by atoms with Crippen molar-refractivity contribution in [2.75, 3.05) is 5.43 Å². The van der Waals surface area contributed by atoms with Gasteiger partial charge in [-0.05, 0) is 30.3 Å². The lowest BCUT2D eigenvalue weighted by atomic mass is 10.2. The van der Waals surface area contributed by atoms with Crippen LogP contribution in [0.2, 0.25) is 5.02 Å². The summed E-state index contributed by atoms with van der Waals surface area (Å²) in [7, 11) is 0. The third-order valence-corrected chi connectivity index (χ3v) is 2.74. The van der Waals surface area contributed by atoms with Crippen LogP contribution < -0.4 is 16.0 Å². The number of hydrazine groups is 1. The van der Waals surface area contributed by atoms with Crippen molar-refractivity contribution in [1.82, 2.24) is 0 Å². The van der Waals surface area contributed by atoms with Crippen molar-refractivity contribution in [3.8, 4) is 5.75 Å². The summed E-state index contributed by atoms with van der Waals surface area (Å²) in [4.78, 5) is 0. The molecule has 0 unspecified atom stereocenters. The van der Waals surface area contributed by atoms with E-state index in [0.29, 0.717) is 11.6 Å². The quantitative estimate of drug-likeness (QED) is 0.645. The van der Waals surface area contributed by atoms with Gasteiger partial charge in [0.2, 0.25) is 0 Å². The molecule has 88 valence electrons. The molecule has 0 atom stereocenters. The molecule has 0 aliphatic carbocycles. The number of hydrogen-bond acceptors (Lipinski definition) is 3. The highest BCUT2D eigenvalue weighted by Gasteiger charge is 2.00. The van der Waals surface area contributed by atoms with E-state index in [1.165, 1.54) is 0 Å². The predicted octanol–water partition coefficient (Wildman–Crippen LogP) is 3.20. The summed E-state index contributed by atoms with van der Waals surface area (Å²) in [6, 6.07) is 15.0. The van der Waals surface area contributed by atoms with Crippen molar-refractivity contribution < 1.29 is 4.74 Å². The second kappa shape index (κ2) is 5.57. The third kappa shape index (κ3) is 3.12. The smallest absolute Gasteiger partial charge is 0.119 e. The lowest BCUT2D eigenvalue weighted by Crippen LogP contribution is -2.06. The molecule has 2 aromatic carbocycles. The van der Waals surface area contributed by atoms with Crippen molar-refractivity contribution in [1.29, 1.82) is 0 Å². The van der Waals surface area contributed by atoms with Crippen molar-refractivity contribution >= 4 is 17.3 Å². The van der Waals surface area contributed by atoms with Crippen molar-refractivity contribution in [3.63, 3.8) is 0 Å². The molecule has 0 bridgehead atoms. The first-order chi connectivity index (χ1) is 8.29. The van der Waals surface area contributed by atoms with Crippen LogP contribution in [0.25, 0.3) is 0 Å². The summed E-state index contributed by atoms with van der Waals surface area (Å²) in [6.45, 7) is 0.453. The van der Waals surface area contributed by atoms with Gasteiger partial charge in [0.25, 0.3) is 0 Å². The van der Waals surface area contributed by atoms with Gasteiger partial charge in [-0.15, -0.1) is 0 Å². The number of rotatable bonds is 4. The van der Waals surface area contributed by atoms with Crippen molar-refractivity contribution in [2.45, 2.75) is 6.61 Å². The summed E-state index contributed by atoms with van der Waals surface area (Å²) >= 11 is 6.03. The summed E-state index contributed by atoms with van der Waals surface area (Å²) in [6.07, 6.45) is 0. The molecule has 0 aliphatic rings. The van der Waals surface area contributed by atoms with Crippen LogP contribution >= 0.6 is 11.6 Å². The standard InChI is InChI=1S/C13H13ClN2O/c14-13-4-2-1-3-10(13)9-17-12-7-5-11(16-15)6-8-12/h1-8,16H,9,15H2. The topological polar surface area (TPSA) is 47.3 Å². The van der Waals surface area contributed by atoms with Crippen LogP contribution in [0.15, 0.2) is 48.5 Å². The van der Waals surface area contributed by atoms with Gasteiger partial charge in [-0.3, -0.25) is 5.84 Å². The summed E-state index contributed by atoms with van der Waals surface area (Å²) < 4.78 is 5.62. The van der Waals surface area contributed by atoms with E-state index in [2.05, 4.69) is 5.43 Å². The fourth-order valence-corrected chi connectivity index (χ4v) is 1.61. The van der Waals surface area contributed by atoms with Gasteiger partial charge in [-0.2, -0.15) is 0 Å². The van der Waals surface area contributed by atoms with E-state index in [1.807, 2.05) is 48.5 Å². The van der Waals surface area contributed by atoms with Crippen molar-refractivity contribution in [2.24, 2.45) is 5.84 Å². The Morgan fingerprint density at radius 2 is 1.76 bits per heavy atom. The Bertz CT molecular complexity index is 485. The molecule has 0 saturated heterocycles. The number of ether oxygens (including phenoxy) is 1. The molecule has 0 heterocycles. The highest BCUT2D eigenvalue weighted by molar-refractivity contribution is 6.31. The number of hydrogen-bond donors (Lipinski definition) is 2. The van der Waals surface area contributed by atoms with Gasteiger partial charge in [-0.25, -0.2) is 0 Å². The van der Waals surface area contributed by atoms with Crippen LogP contribution in [0.1, 0.15) is 5.56 Å². The molecule has 3 N–H and O–H groups in total. The SMILES string of the molecule is NNc1ccc(OCc2ccccc2Cl)cc1. The normalized spacial score (nSPS) is 10.0. The average molecular weight is 249 g/mol. The number of nitrogen functional groups attached to an aromatic ring is 1. The van der Waals surface area contributed by atoms with Gasteiger partial charge in [0.15, 0.2) is 0 Å². The molecule has 4 heteroatoms. The molecular formula is C13H13ClN2O. The number of halogens is 1. The van der Waals surface area contributed by atoms with E-state index in [0.717, 1.165) is 17.0 Å². The van der Waals surface area contributed by atoms with E-state index >= 15 is 0 Å². The Morgan fingerprint density at radius 1 is 1.06 bits per heavy atom. The zero-order chi connectivity index (χ0) is 12.1. The minimum Gasteiger partial charge on any atom is -0.489 e. The molecule has 0 aliphatic heterocycles. The summed E-state index contributed by atoms with van der Waals surface area (Å²) in [5, 5.41) is 0.716. The second-order valence-corrected chi connectivity index (χ2v) is 3.96. The molecule has 0 radical (unpaired) electrons. The molecule has 2 rings (SSSR count). The fourth-order valence-electron chi connectivity index (χ4n) is 1.42. The van der Waals surface area contributed by atoms with E-state index < -0.39 is 0 Å². The largest absolute Gasteiger partial charge is 0.489 e. The highest BCUT2D eigenvalue weighted by atomic mass is 35.5. The first kappa shape index (κ1) is 11.8. The number of anilines is 1. The molecular weight excluding hydrogens is 236 g/mol. The average Bonchev–Trinajstić information content (AvgIpc) is 2.38. The summed E-state index contributed by atoms with van der Waals surface area (Å²) in [5.74, 6) is 6.06. The van der Waals surface area contributed by atoms with Crippen molar-refractivity contribution in [3.05, 3.63) is 59.1 Å². The number of nitrogens with two attached hydrogens (primary N) is 1. The second-order valence-electron chi connectivity index (χ2n) is 3.55. The highest BCUT2D eigenvalue weighted by Crippen LogP contribution is 2.19. The molecule has 0 fully saturated rings. The first-order valence-electron chi connectivity index (χ1n) is 5.22. The number of benzene rings is 2. The maximum absolute atomic E-state index is 6.03. The van der Waals surface area contributed by atoms with Gasteiger partial charge in [0, 0.05) is 16.3 Å². The predicted molar refractivity (Wildman–Crippen MR) is 70.0 cm³/mol. The first-order valence-corrected chi connectivity index (χ1v) is 5.60. The van der Waals surface area contributed by atoms with E-state index in [9.17, 15) is 0 Å². The zero-order valence-electron chi connectivity index (χ0n) is 9.19. The lowest BCUT2D eigenvalue weighted by Gasteiger charge is -2.08. The van der Waals surface area contributed by atoms with E-state index in [4.69, 9.17) is 22.2 Å². The van der Waals surface area contributed by atoms with Gasteiger partial charge in [-0.1, -0.05) is 29.8 Å². The van der Waals surface area contributed by atoms with Gasteiger partial charge in [0.05, 0.1) is 0 Å². The minimum atomic E-state index is 0.453. The summed E-state index contributed by atoms with van der Waals surface area (Å²) in [5.41, 5.74) is 4.37. The van der Waals surface area contributed by atoms with E-state index in [1.54, 1.807) is 0 Å². The lowest BCUT2D eigenvalue weighted by molar-refractivity contribution is 0.306. The minimum absolute atomic E-state index is 0.453. The third-order valence-electron chi connectivity index (χ3n) is 2.37. The van der Waals surface area contributed by atoms with Crippen LogP contribution in [-0.4, -0.2) is 0 Å². The monoisotopic (exact) mass is 248 g/mol. The van der Waals surface area contributed by atoms with Crippen LogP contribution in [0.4, 0.5) is 5.69 Å². The molecule has 2 aromatic rings. The maximum atomic E-state index is 6.03. The Kier molecular flexibility index (Phi) is 3.85. The van der Waals surface area contributed by atoms with Crippen LogP contribution in [-0.2, 0) is 6.61 Å².